The molecule has 2 rings (SSSR count). The van der Waals surface area contributed by atoms with Gasteiger partial charge in [-0.25, -0.2) is 0 Å². The molecule has 1 aromatic heterocycles. The van der Waals surface area contributed by atoms with Gasteiger partial charge < -0.3 is 0 Å². The monoisotopic (exact) mass is 311 g/mol. The lowest BCUT2D eigenvalue weighted by atomic mass is 10.1. The van der Waals surface area contributed by atoms with Crippen molar-refractivity contribution in [1.82, 2.24) is 4.98 Å². The van der Waals surface area contributed by atoms with E-state index in [-0.39, 0.29) is 0 Å². The lowest BCUT2D eigenvalue weighted by Crippen LogP contribution is -1.83. The Kier molecular flexibility index (Phi) is 2.99. The van der Waals surface area contributed by atoms with Crippen molar-refractivity contribution in [3.8, 4) is 11.3 Å². The molecular formula is C11H7Br2N. The van der Waals surface area contributed by atoms with E-state index in [1.807, 2.05) is 36.4 Å². The van der Waals surface area contributed by atoms with Crippen LogP contribution in [0.2, 0.25) is 0 Å². The zero-order valence-electron chi connectivity index (χ0n) is 7.24. The molecule has 0 fully saturated rings. The van der Waals surface area contributed by atoms with Crippen LogP contribution < -0.4 is 0 Å². The maximum Gasteiger partial charge on any atom is 0.0714 e. The molecule has 3 heteroatoms. The Morgan fingerprint density at radius 2 is 1.71 bits per heavy atom. The van der Waals surface area contributed by atoms with E-state index < -0.39 is 0 Å². The maximum atomic E-state index is 4.33. The first-order valence-electron chi connectivity index (χ1n) is 4.14. The highest BCUT2D eigenvalue weighted by molar-refractivity contribution is 9.10. The van der Waals surface area contributed by atoms with Crippen LogP contribution in [0.5, 0.6) is 0 Å². The third-order valence-corrected chi connectivity index (χ3v) is 3.04. The minimum absolute atomic E-state index is 0.973. The fourth-order valence-corrected chi connectivity index (χ4v) is 1.93. The van der Waals surface area contributed by atoms with Gasteiger partial charge in [-0.1, -0.05) is 34.1 Å². The first-order chi connectivity index (χ1) is 6.77. The zero-order chi connectivity index (χ0) is 9.97. The van der Waals surface area contributed by atoms with Gasteiger partial charge in [0, 0.05) is 20.7 Å². The SMILES string of the molecule is Brc1ccc(-c2ccccc2Br)nc1. The molecule has 0 unspecified atom stereocenters. The highest BCUT2D eigenvalue weighted by atomic mass is 79.9. The summed E-state index contributed by atoms with van der Waals surface area (Å²) in [5.41, 5.74) is 2.08. The molecule has 0 atom stereocenters. The number of halogens is 2. The van der Waals surface area contributed by atoms with E-state index in [0.717, 1.165) is 20.2 Å². The van der Waals surface area contributed by atoms with Crippen LogP contribution >= 0.6 is 31.9 Å². The molecule has 0 saturated carbocycles. The van der Waals surface area contributed by atoms with Crippen molar-refractivity contribution in [3.63, 3.8) is 0 Å². The molecule has 2 aromatic rings. The fourth-order valence-electron chi connectivity index (χ4n) is 1.20. The number of hydrogen-bond donors (Lipinski definition) is 0. The van der Waals surface area contributed by atoms with E-state index in [1.165, 1.54) is 0 Å². The van der Waals surface area contributed by atoms with E-state index in [1.54, 1.807) is 6.20 Å². The summed E-state index contributed by atoms with van der Waals surface area (Å²) in [6.45, 7) is 0. The van der Waals surface area contributed by atoms with E-state index >= 15 is 0 Å². The van der Waals surface area contributed by atoms with Gasteiger partial charge in [0.05, 0.1) is 5.69 Å². The summed E-state index contributed by atoms with van der Waals surface area (Å²) < 4.78 is 2.06. The minimum atomic E-state index is 0.973. The number of benzene rings is 1. The normalized spacial score (nSPS) is 10.1. The summed E-state index contributed by atoms with van der Waals surface area (Å²) >= 11 is 6.86. The van der Waals surface area contributed by atoms with Gasteiger partial charge in [-0.05, 0) is 34.1 Å². The van der Waals surface area contributed by atoms with Crippen molar-refractivity contribution in [2.75, 3.05) is 0 Å². The Morgan fingerprint density at radius 1 is 0.929 bits per heavy atom. The topological polar surface area (TPSA) is 12.9 Å². The van der Waals surface area contributed by atoms with Gasteiger partial charge in [0.15, 0.2) is 0 Å². The van der Waals surface area contributed by atoms with E-state index in [9.17, 15) is 0 Å². The lowest BCUT2D eigenvalue weighted by Gasteiger charge is -2.02. The summed E-state index contributed by atoms with van der Waals surface area (Å²) in [4.78, 5) is 4.33. The van der Waals surface area contributed by atoms with Crippen molar-refractivity contribution in [3.05, 3.63) is 51.5 Å². The van der Waals surface area contributed by atoms with Crippen molar-refractivity contribution >= 4 is 31.9 Å². The second-order valence-electron chi connectivity index (χ2n) is 2.84. The number of pyridine rings is 1. The summed E-state index contributed by atoms with van der Waals surface area (Å²) in [5, 5.41) is 0. The number of rotatable bonds is 1. The average molecular weight is 313 g/mol. The molecule has 0 saturated heterocycles. The molecule has 0 aliphatic rings. The van der Waals surface area contributed by atoms with Crippen molar-refractivity contribution < 1.29 is 0 Å². The highest BCUT2D eigenvalue weighted by Crippen LogP contribution is 2.26. The van der Waals surface area contributed by atoms with Gasteiger partial charge in [0.2, 0.25) is 0 Å². The Bertz CT molecular complexity index is 437. The van der Waals surface area contributed by atoms with Crippen LogP contribution in [-0.4, -0.2) is 4.98 Å². The van der Waals surface area contributed by atoms with Crippen LogP contribution in [0, 0.1) is 0 Å². The van der Waals surface area contributed by atoms with Gasteiger partial charge in [0.1, 0.15) is 0 Å². The second kappa shape index (κ2) is 4.24. The summed E-state index contributed by atoms with van der Waals surface area (Å²) in [6.07, 6.45) is 1.80. The number of nitrogens with zero attached hydrogens (tertiary/aromatic N) is 1. The molecule has 0 radical (unpaired) electrons. The summed E-state index contributed by atoms with van der Waals surface area (Å²) in [7, 11) is 0. The Balaban J connectivity index is 2.50. The quantitative estimate of drug-likeness (QED) is 0.766. The van der Waals surface area contributed by atoms with Crippen molar-refractivity contribution in [1.29, 1.82) is 0 Å². The Hall–Kier alpha value is -0.670. The van der Waals surface area contributed by atoms with Crippen LogP contribution in [-0.2, 0) is 0 Å². The predicted molar refractivity (Wildman–Crippen MR) is 65.1 cm³/mol. The molecule has 0 aliphatic carbocycles. The average Bonchev–Trinajstić information content (AvgIpc) is 2.20. The molecule has 1 aromatic carbocycles. The number of hydrogen-bond acceptors (Lipinski definition) is 1. The highest BCUT2D eigenvalue weighted by Gasteiger charge is 2.02. The predicted octanol–water partition coefficient (Wildman–Crippen LogP) is 4.27. The van der Waals surface area contributed by atoms with Crippen LogP contribution in [0.25, 0.3) is 11.3 Å². The molecule has 14 heavy (non-hydrogen) atoms. The molecule has 0 spiro atoms. The van der Waals surface area contributed by atoms with Gasteiger partial charge in [-0.3, -0.25) is 4.98 Å². The third-order valence-electron chi connectivity index (χ3n) is 1.88. The molecule has 0 bridgehead atoms. The molecule has 0 aliphatic heterocycles. The first-order valence-corrected chi connectivity index (χ1v) is 5.72. The first kappa shape index (κ1) is 9.87. The standard InChI is InChI=1S/C11H7Br2N/c12-8-5-6-11(14-7-8)9-3-1-2-4-10(9)13/h1-7H. The molecule has 0 N–H and O–H groups in total. The minimum Gasteiger partial charge on any atom is -0.255 e. The van der Waals surface area contributed by atoms with Crippen LogP contribution in [0.3, 0.4) is 0 Å². The van der Waals surface area contributed by atoms with Crippen LogP contribution in [0.1, 0.15) is 0 Å². The molecule has 0 amide bonds. The van der Waals surface area contributed by atoms with Gasteiger partial charge >= 0.3 is 0 Å². The maximum absolute atomic E-state index is 4.33. The summed E-state index contributed by atoms with van der Waals surface area (Å²) in [6, 6.07) is 12.0. The van der Waals surface area contributed by atoms with E-state index in [2.05, 4.69) is 36.8 Å². The Morgan fingerprint density at radius 3 is 2.36 bits per heavy atom. The summed E-state index contributed by atoms with van der Waals surface area (Å²) in [5.74, 6) is 0. The zero-order valence-corrected chi connectivity index (χ0v) is 10.4. The number of aromatic nitrogens is 1. The van der Waals surface area contributed by atoms with Crippen molar-refractivity contribution in [2.45, 2.75) is 0 Å². The second-order valence-corrected chi connectivity index (χ2v) is 4.61. The van der Waals surface area contributed by atoms with Crippen molar-refractivity contribution in [2.24, 2.45) is 0 Å². The van der Waals surface area contributed by atoms with E-state index in [4.69, 9.17) is 0 Å². The van der Waals surface area contributed by atoms with Crippen LogP contribution in [0.15, 0.2) is 51.5 Å². The smallest absolute Gasteiger partial charge is 0.0714 e. The van der Waals surface area contributed by atoms with Gasteiger partial charge in [-0.15, -0.1) is 0 Å². The fraction of sp³-hybridized carbons (Fsp3) is 0. The molecular weight excluding hydrogens is 306 g/mol. The lowest BCUT2D eigenvalue weighted by molar-refractivity contribution is 1.30. The van der Waals surface area contributed by atoms with E-state index in [0.29, 0.717) is 0 Å². The van der Waals surface area contributed by atoms with Gasteiger partial charge in [-0.2, -0.15) is 0 Å². The third kappa shape index (κ3) is 2.04. The largest absolute Gasteiger partial charge is 0.255 e. The van der Waals surface area contributed by atoms with Crippen LogP contribution in [0.4, 0.5) is 0 Å². The Labute approximate surface area is 99.4 Å². The van der Waals surface area contributed by atoms with Gasteiger partial charge in [0.25, 0.3) is 0 Å². The molecule has 1 nitrogen and oxygen atoms in total. The molecule has 70 valence electrons. The molecule has 1 heterocycles.